The summed E-state index contributed by atoms with van der Waals surface area (Å²) in [4.78, 5) is 30.2. The molecule has 2 aliphatic carbocycles. The zero-order valence-corrected chi connectivity index (χ0v) is 16.7. The summed E-state index contributed by atoms with van der Waals surface area (Å²) in [5.74, 6) is 0.569. The number of carbonyl (C=O) groups excluding carboxylic acids is 2. The van der Waals surface area contributed by atoms with Gasteiger partial charge < -0.3 is 9.80 Å². The Morgan fingerprint density at radius 2 is 1.28 bits per heavy atom. The monoisotopic (exact) mass is 396 g/mol. The summed E-state index contributed by atoms with van der Waals surface area (Å²) in [6, 6.07) is 0. The molecule has 3 heterocycles. The van der Waals surface area contributed by atoms with Crippen LogP contribution in [0.25, 0.3) is 0 Å². The summed E-state index contributed by atoms with van der Waals surface area (Å²) in [5.41, 5.74) is 4.71. The van der Waals surface area contributed by atoms with Gasteiger partial charge in [-0.1, -0.05) is 0 Å². The van der Waals surface area contributed by atoms with Crippen molar-refractivity contribution < 1.29 is 9.59 Å². The van der Waals surface area contributed by atoms with E-state index in [2.05, 4.69) is 20.4 Å². The second kappa shape index (κ2) is 7.65. The fourth-order valence-corrected chi connectivity index (χ4v) is 5.13. The lowest BCUT2D eigenvalue weighted by Crippen LogP contribution is -2.43. The molecule has 2 aromatic heterocycles. The number of aryl methyl sites for hydroxylation is 2. The predicted octanol–water partition coefficient (Wildman–Crippen LogP) is 1.10. The van der Waals surface area contributed by atoms with Gasteiger partial charge in [0, 0.05) is 49.4 Å². The number of H-pyrrole nitrogens is 2. The molecule has 154 valence electrons. The van der Waals surface area contributed by atoms with Crippen molar-refractivity contribution >= 4 is 11.8 Å². The van der Waals surface area contributed by atoms with Crippen molar-refractivity contribution in [3.63, 3.8) is 0 Å². The fourth-order valence-electron chi connectivity index (χ4n) is 5.13. The molecule has 8 nitrogen and oxygen atoms in total. The zero-order valence-electron chi connectivity index (χ0n) is 16.7. The SMILES string of the molecule is O=C(C1CCc2[nH]ncc2C1)N1CCCN(C(=O)C2CCc3[nH]ncc3C2)CC1. The third-order valence-corrected chi connectivity index (χ3v) is 6.85. The molecule has 2 atom stereocenters. The first kappa shape index (κ1) is 18.4. The van der Waals surface area contributed by atoms with Crippen LogP contribution in [0.5, 0.6) is 0 Å². The van der Waals surface area contributed by atoms with Crippen LogP contribution in [-0.4, -0.2) is 68.2 Å². The number of fused-ring (bicyclic) bond motifs is 2. The van der Waals surface area contributed by atoms with E-state index in [0.717, 1.165) is 58.0 Å². The molecule has 0 spiro atoms. The van der Waals surface area contributed by atoms with Crippen LogP contribution in [0.2, 0.25) is 0 Å². The van der Waals surface area contributed by atoms with E-state index in [9.17, 15) is 9.59 Å². The highest BCUT2D eigenvalue weighted by atomic mass is 16.2. The third-order valence-electron chi connectivity index (χ3n) is 6.85. The van der Waals surface area contributed by atoms with Crippen molar-refractivity contribution in [2.45, 2.75) is 44.9 Å². The minimum Gasteiger partial charge on any atom is -0.341 e. The lowest BCUT2D eigenvalue weighted by atomic mass is 9.87. The average Bonchev–Trinajstić information content (AvgIpc) is 3.35. The maximum atomic E-state index is 13.1. The number of rotatable bonds is 2. The molecule has 0 bridgehead atoms. The third kappa shape index (κ3) is 3.56. The number of carbonyl (C=O) groups is 2. The Morgan fingerprint density at radius 3 is 1.76 bits per heavy atom. The number of aromatic nitrogens is 4. The average molecular weight is 396 g/mol. The number of hydrogen-bond acceptors (Lipinski definition) is 4. The van der Waals surface area contributed by atoms with E-state index in [-0.39, 0.29) is 23.7 Å². The second-order valence-corrected chi connectivity index (χ2v) is 8.63. The van der Waals surface area contributed by atoms with E-state index in [4.69, 9.17) is 0 Å². The van der Waals surface area contributed by atoms with E-state index in [0.29, 0.717) is 13.1 Å². The first-order chi connectivity index (χ1) is 14.2. The predicted molar refractivity (Wildman–Crippen MR) is 106 cm³/mol. The van der Waals surface area contributed by atoms with E-state index >= 15 is 0 Å². The molecule has 8 heteroatoms. The summed E-state index contributed by atoms with van der Waals surface area (Å²) < 4.78 is 0. The molecule has 2 amide bonds. The highest BCUT2D eigenvalue weighted by Gasteiger charge is 2.33. The number of aromatic amines is 2. The molecule has 29 heavy (non-hydrogen) atoms. The van der Waals surface area contributed by atoms with Crippen LogP contribution in [0.3, 0.4) is 0 Å². The van der Waals surface area contributed by atoms with Crippen LogP contribution >= 0.6 is 0 Å². The van der Waals surface area contributed by atoms with E-state index in [1.54, 1.807) is 0 Å². The van der Waals surface area contributed by atoms with Crippen LogP contribution in [0.1, 0.15) is 41.8 Å². The number of nitrogens with zero attached hydrogens (tertiary/aromatic N) is 4. The Hall–Kier alpha value is -2.64. The lowest BCUT2D eigenvalue weighted by molar-refractivity contribution is -0.138. The maximum Gasteiger partial charge on any atom is 0.226 e. The lowest BCUT2D eigenvalue weighted by Gasteiger charge is -2.29. The normalized spacial score (nSPS) is 24.6. The minimum atomic E-state index is 0.0419. The van der Waals surface area contributed by atoms with Gasteiger partial charge in [-0.15, -0.1) is 0 Å². The van der Waals surface area contributed by atoms with Crippen molar-refractivity contribution in [3.8, 4) is 0 Å². The summed E-state index contributed by atoms with van der Waals surface area (Å²) in [6.07, 6.45) is 9.65. The fraction of sp³-hybridized carbons (Fsp3) is 0.619. The molecular weight excluding hydrogens is 368 g/mol. The summed E-state index contributed by atoms with van der Waals surface area (Å²) in [7, 11) is 0. The second-order valence-electron chi connectivity index (χ2n) is 8.63. The summed E-state index contributed by atoms with van der Waals surface area (Å²) >= 11 is 0. The van der Waals surface area contributed by atoms with Gasteiger partial charge in [-0.2, -0.15) is 10.2 Å². The Labute approximate surface area is 170 Å². The van der Waals surface area contributed by atoms with Gasteiger partial charge in [0.15, 0.2) is 0 Å². The van der Waals surface area contributed by atoms with Crippen molar-refractivity contribution in [2.24, 2.45) is 11.8 Å². The maximum absolute atomic E-state index is 13.1. The topological polar surface area (TPSA) is 98.0 Å². The van der Waals surface area contributed by atoms with Crippen molar-refractivity contribution in [1.82, 2.24) is 30.2 Å². The van der Waals surface area contributed by atoms with Crippen molar-refractivity contribution in [2.75, 3.05) is 26.2 Å². The Balaban J connectivity index is 1.18. The molecule has 2 N–H and O–H groups in total. The van der Waals surface area contributed by atoms with Gasteiger partial charge in [0.25, 0.3) is 0 Å². The van der Waals surface area contributed by atoms with Gasteiger partial charge in [0.05, 0.1) is 12.4 Å². The zero-order chi connectivity index (χ0) is 19.8. The molecule has 5 rings (SSSR count). The summed E-state index contributed by atoms with van der Waals surface area (Å²) in [5, 5.41) is 14.3. The van der Waals surface area contributed by atoms with E-state index in [1.165, 1.54) is 22.5 Å². The van der Waals surface area contributed by atoms with Crippen LogP contribution < -0.4 is 0 Å². The van der Waals surface area contributed by atoms with Gasteiger partial charge in [0.1, 0.15) is 0 Å². The molecule has 0 radical (unpaired) electrons. The standard InChI is InChI=1S/C21H28N6O2/c28-20(14-2-4-18-16(10-14)12-22-24-18)26-6-1-7-27(9-8-26)21(29)15-3-5-19-17(11-15)13-23-25-19/h12-15H,1-11H2,(H,22,24)(H,23,25). The first-order valence-electron chi connectivity index (χ1n) is 10.8. The molecule has 2 aromatic rings. The van der Waals surface area contributed by atoms with Crippen molar-refractivity contribution in [1.29, 1.82) is 0 Å². The summed E-state index contributed by atoms with van der Waals surface area (Å²) in [6.45, 7) is 2.77. The largest absolute Gasteiger partial charge is 0.341 e. The highest BCUT2D eigenvalue weighted by molar-refractivity contribution is 5.81. The van der Waals surface area contributed by atoms with Crippen LogP contribution in [-0.2, 0) is 35.3 Å². The Bertz CT molecular complexity index is 830. The van der Waals surface area contributed by atoms with Gasteiger partial charge >= 0.3 is 0 Å². The molecule has 1 aliphatic heterocycles. The molecule has 1 saturated heterocycles. The van der Waals surface area contributed by atoms with E-state index in [1.807, 2.05) is 22.2 Å². The quantitative estimate of drug-likeness (QED) is 0.794. The smallest absolute Gasteiger partial charge is 0.226 e. The molecule has 0 saturated carbocycles. The van der Waals surface area contributed by atoms with E-state index < -0.39 is 0 Å². The van der Waals surface area contributed by atoms with Gasteiger partial charge in [-0.25, -0.2) is 0 Å². The van der Waals surface area contributed by atoms with Crippen LogP contribution in [0.15, 0.2) is 12.4 Å². The van der Waals surface area contributed by atoms with Crippen LogP contribution in [0.4, 0.5) is 0 Å². The van der Waals surface area contributed by atoms with Gasteiger partial charge in [-0.3, -0.25) is 19.8 Å². The first-order valence-corrected chi connectivity index (χ1v) is 10.8. The Morgan fingerprint density at radius 1 is 0.793 bits per heavy atom. The highest BCUT2D eigenvalue weighted by Crippen LogP contribution is 2.27. The molecule has 0 aromatic carbocycles. The van der Waals surface area contributed by atoms with Gasteiger partial charge in [-0.05, 0) is 56.1 Å². The molecule has 2 unspecified atom stereocenters. The minimum absolute atomic E-state index is 0.0419. The molecule has 1 fully saturated rings. The number of hydrogen-bond donors (Lipinski definition) is 2. The van der Waals surface area contributed by atoms with Crippen molar-refractivity contribution in [3.05, 3.63) is 34.9 Å². The number of nitrogens with one attached hydrogen (secondary N) is 2. The van der Waals surface area contributed by atoms with Gasteiger partial charge in [0.2, 0.25) is 11.8 Å². The van der Waals surface area contributed by atoms with Crippen LogP contribution in [0, 0.1) is 11.8 Å². The molecule has 3 aliphatic rings. The molecular formula is C21H28N6O2. The number of amides is 2. The Kier molecular flexibility index (Phi) is 4.85.